The Hall–Kier alpha value is -3.67. The molecule has 1 fully saturated rings. The van der Waals surface area contributed by atoms with E-state index in [0.717, 1.165) is 0 Å². The number of ether oxygens (including phenoxy) is 2. The van der Waals surface area contributed by atoms with Crippen LogP contribution in [0.25, 0.3) is 0 Å². The first-order chi connectivity index (χ1) is 15.3. The summed E-state index contributed by atoms with van der Waals surface area (Å²) in [6.45, 7) is 1.75. The van der Waals surface area contributed by atoms with Crippen molar-refractivity contribution in [3.05, 3.63) is 29.6 Å². The molecule has 2 aromatic rings. The number of hydrogen-bond donors (Lipinski definition) is 4. The molecule has 1 spiro atoms. The van der Waals surface area contributed by atoms with Crippen LogP contribution in [0.2, 0.25) is 0 Å². The summed E-state index contributed by atoms with van der Waals surface area (Å²) in [4.78, 5) is 38.5. The summed E-state index contributed by atoms with van der Waals surface area (Å²) in [5, 5.41) is 12.1. The number of amides is 2. The number of pyridine rings is 1. The number of aromatic hydroxyl groups is 1. The lowest BCUT2D eigenvalue weighted by Gasteiger charge is -2.31. The molecule has 170 valence electrons. The predicted octanol–water partition coefficient (Wildman–Crippen LogP) is -0.516. The van der Waals surface area contributed by atoms with E-state index in [-0.39, 0.29) is 41.3 Å². The number of aromatic nitrogens is 3. The van der Waals surface area contributed by atoms with Crippen LogP contribution in [-0.4, -0.2) is 75.2 Å². The zero-order chi connectivity index (χ0) is 22.7. The van der Waals surface area contributed by atoms with Crippen molar-refractivity contribution in [1.29, 1.82) is 0 Å². The van der Waals surface area contributed by atoms with E-state index >= 15 is 0 Å². The van der Waals surface area contributed by atoms with Crippen molar-refractivity contribution >= 4 is 23.6 Å². The minimum Gasteiger partial charge on any atom is -0.506 e. The number of carbonyl (C=O) groups excluding carboxylic acids is 2. The molecule has 32 heavy (non-hydrogen) atoms. The highest BCUT2D eigenvalue weighted by Gasteiger charge is 2.45. The molecule has 0 aromatic carbocycles. The van der Waals surface area contributed by atoms with Gasteiger partial charge in [0.1, 0.15) is 11.6 Å². The SMILES string of the molecule is Nc1nc(N)c2c(n1)O[C@]1(COCCN(C(=O)CCCNC(=O)c3cncc(O)c3)C1)C2. The van der Waals surface area contributed by atoms with E-state index in [0.29, 0.717) is 57.1 Å². The number of carbonyl (C=O) groups is 2. The highest BCUT2D eigenvalue weighted by molar-refractivity contribution is 5.94. The van der Waals surface area contributed by atoms with Crippen molar-refractivity contribution in [2.24, 2.45) is 0 Å². The monoisotopic (exact) mass is 443 g/mol. The Morgan fingerprint density at radius 3 is 2.94 bits per heavy atom. The third-order valence-electron chi connectivity index (χ3n) is 5.37. The maximum Gasteiger partial charge on any atom is 0.252 e. The van der Waals surface area contributed by atoms with Crippen LogP contribution < -0.4 is 21.5 Å². The second-order valence-electron chi connectivity index (χ2n) is 7.87. The third-order valence-corrected chi connectivity index (χ3v) is 5.37. The van der Waals surface area contributed by atoms with E-state index < -0.39 is 5.60 Å². The molecular weight excluding hydrogens is 418 g/mol. The van der Waals surface area contributed by atoms with E-state index in [1.807, 2.05) is 0 Å². The van der Waals surface area contributed by atoms with E-state index in [4.69, 9.17) is 20.9 Å². The molecule has 1 saturated heterocycles. The molecule has 2 aromatic heterocycles. The van der Waals surface area contributed by atoms with Crippen LogP contribution in [-0.2, 0) is 16.0 Å². The summed E-state index contributed by atoms with van der Waals surface area (Å²) in [6, 6.07) is 1.33. The Bertz CT molecular complexity index is 1030. The van der Waals surface area contributed by atoms with Gasteiger partial charge in [-0.15, -0.1) is 0 Å². The third kappa shape index (κ3) is 4.64. The number of anilines is 2. The molecule has 0 aliphatic carbocycles. The molecule has 4 rings (SSSR count). The van der Waals surface area contributed by atoms with Crippen molar-refractivity contribution < 1.29 is 24.2 Å². The molecule has 0 unspecified atom stereocenters. The highest BCUT2D eigenvalue weighted by Crippen LogP contribution is 2.38. The van der Waals surface area contributed by atoms with Crippen LogP contribution in [0.4, 0.5) is 11.8 Å². The van der Waals surface area contributed by atoms with Gasteiger partial charge in [0.15, 0.2) is 5.60 Å². The van der Waals surface area contributed by atoms with Crippen LogP contribution in [0.5, 0.6) is 11.6 Å². The predicted molar refractivity (Wildman–Crippen MR) is 113 cm³/mol. The number of nitrogen functional groups attached to an aromatic ring is 2. The number of hydrogen-bond acceptors (Lipinski definition) is 10. The lowest BCUT2D eigenvalue weighted by Crippen LogP contribution is -2.50. The number of nitrogens with zero attached hydrogens (tertiary/aromatic N) is 4. The molecule has 0 saturated carbocycles. The minimum absolute atomic E-state index is 0.0318. The average molecular weight is 443 g/mol. The number of rotatable bonds is 5. The van der Waals surface area contributed by atoms with E-state index in [1.165, 1.54) is 18.5 Å². The summed E-state index contributed by atoms with van der Waals surface area (Å²) in [7, 11) is 0. The van der Waals surface area contributed by atoms with Crippen molar-refractivity contribution in [3.8, 4) is 11.6 Å². The van der Waals surface area contributed by atoms with Gasteiger partial charge in [0, 0.05) is 32.1 Å². The standard InChI is InChI=1S/C20H25N7O5/c21-16-14-7-20(32-18(14)26-19(22)25-16)10-27(4-5-31-11-20)15(29)2-1-3-24-17(30)12-6-13(28)9-23-8-12/h6,8-9,28H,1-5,7,10-11H2,(H,24,30)(H4,21,22,25,26)/t20-/m1/s1. The second-order valence-corrected chi connectivity index (χ2v) is 7.87. The van der Waals surface area contributed by atoms with E-state index in [2.05, 4.69) is 20.3 Å². The van der Waals surface area contributed by atoms with Crippen LogP contribution >= 0.6 is 0 Å². The largest absolute Gasteiger partial charge is 0.506 e. The Morgan fingerprint density at radius 1 is 1.28 bits per heavy atom. The van der Waals surface area contributed by atoms with Gasteiger partial charge in [0.25, 0.3) is 5.91 Å². The van der Waals surface area contributed by atoms with Crippen molar-refractivity contribution in [2.45, 2.75) is 24.9 Å². The van der Waals surface area contributed by atoms with Gasteiger partial charge in [-0.1, -0.05) is 0 Å². The first-order valence-corrected chi connectivity index (χ1v) is 10.2. The molecule has 4 heterocycles. The van der Waals surface area contributed by atoms with Gasteiger partial charge in [0.05, 0.1) is 37.1 Å². The minimum atomic E-state index is -0.790. The fraction of sp³-hybridized carbons (Fsp3) is 0.450. The van der Waals surface area contributed by atoms with Gasteiger partial charge >= 0.3 is 0 Å². The lowest BCUT2D eigenvalue weighted by atomic mass is 9.97. The fourth-order valence-corrected chi connectivity index (χ4v) is 3.85. The maximum absolute atomic E-state index is 12.8. The summed E-state index contributed by atoms with van der Waals surface area (Å²) in [5.74, 6) is 0.113. The van der Waals surface area contributed by atoms with Crippen LogP contribution in [0, 0.1) is 0 Å². The van der Waals surface area contributed by atoms with Crippen LogP contribution in [0.3, 0.4) is 0 Å². The van der Waals surface area contributed by atoms with E-state index in [9.17, 15) is 14.7 Å². The number of nitrogens with one attached hydrogen (secondary N) is 1. The van der Waals surface area contributed by atoms with Crippen LogP contribution in [0.1, 0.15) is 28.8 Å². The normalized spacial score (nSPS) is 19.8. The highest BCUT2D eigenvalue weighted by atomic mass is 16.6. The Labute approximate surface area is 183 Å². The summed E-state index contributed by atoms with van der Waals surface area (Å²) < 4.78 is 11.8. The number of nitrogens with two attached hydrogens (primary N) is 2. The summed E-state index contributed by atoms with van der Waals surface area (Å²) in [5.41, 5.74) is 11.8. The van der Waals surface area contributed by atoms with Gasteiger partial charge in [-0.3, -0.25) is 14.6 Å². The molecule has 12 heteroatoms. The average Bonchev–Trinajstić information content (AvgIpc) is 2.97. The first kappa shape index (κ1) is 21.6. The van der Waals surface area contributed by atoms with Gasteiger partial charge in [-0.2, -0.15) is 9.97 Å². The Kier molecular flexibility index (Phi) is 5.95. The molecule has 2 aliphatic heterocycles. The smallest absolute Gasteiger partial charge is 0.252 e. The zero-order valence-corrected chi connectivity index (χ0v) is 17.4. The zero-order valence-electron chi connectivity index (χ0n) is 17.4. The molecule has 2 amide bonds. The van der Waals surface area contributed by atoms with Crippen molar-refractivity contribution in [3.63, 3.8) is 0 Å². The van der Waals surface area contributed by atoms with Gasteiger partial charge in [-0.05, 0) is 12.5 Å². The van der Waals surface area contributed by atoms with Crippen LogP contribution in [0.15, 0.2) is 18.5 Å². The van der Waals surface area contributed by atoms with Crippen molar-refractivity contribution in [2.75, 3.05) is 44.3 Å². The van der Waals surface area contributed by atoms with Crippen molar-refractivity contribution in [1.82, 2.24) is 25.2 Å². The molecular formula is C20H25N7O5. The van der Waals surface area contributed by atoms with Gasteiger partial charge < -0.3 is 36.3 Å². The Balaban J connectivity index is 1.31. The topological polar surface area (TPSA) is 179 Å². The molecule has 2 aliphatic rings. The Morgan fingerprint density at radius 2 is 2.12 bits per heavy atom. The van der Waals surface area contributed by atoms with Gasteiger partial charge in [-0.25, -0.2) is 0 Å². The molecule has 12 nitrogen and oxygen atoms in total. The quantitative estimate of drug-likeness (QED) is 0.439. The number of fused-ring (bicyclic) bond motifs is 1. The van der Waals surface area contributed by atoms with E-state index in [1.54, 1.807) is 4.90 Å². The summed E-state index contributed by atoms with van der Waals surface area (Å²) in [6.07, 6.45) is 3.73. The molecule has 1 atom stereocenters. The second kappa shape index (κ2) is 8.83. The summed E-state index contributed by atoms with van der Waals surface area (Å²) >= 11 is 0. The molecule has 0 bridgehead atoms. The molecule has 6 N–H and O–H groups in total. The fourth-order valence-electron chi connectivity index (χ4n) is 3.85. The molecule has 0 radical (unpaired) electrons. The lowest BCUT2D eigenvalue weighted by molar-refractivity contribution is -0.133. The first-order valence-electron chi connectivity index (χ1n) is 10.2. The van der Waals surface area contributed by atoms with Gasteiger partial charge in [0.2, 0.25) is 17.7 Å². The maximum atomic E-state index is 12.8.